The molecule has 2 aromatic rings. The van der Waals surface area contributed by atoms with E-state index < -0.39 is 0 Å². The fraction of sp³-hybridized carbons (Fsp3) is 0.385. The van der Waals surface area contributed by atoms with E-state index in [0.29, 0.717) is 5.92 Å². The summed E-state index contributed by atoms with van der Waals surface area (Å²) >= 11 is 0. The highest BCUT2D eigenvalue weighted by Gasteiger charge is 2.33. The number of aryl methyl sites for hydroxylation is 1. The molecule has 3 nitrogen and oxygen atoms in total. The van der Waals surface area contributed by atoms with Crippen molar-refractivity contribution >= 4 is 11.0 Å². The number of rotatable bonds is 3. The second-order valence-electron chi connectivity index (χ2n) is 4.62. The van der Waals surface area contributed by atoms with E-state index in [1.807, 2.05) is 0 Å². The molecule has 3 rings (SSSR count). The van der Waals surface area contributed by atoms with Crippen molar-refractivity contribution < 1.29 is 4.42 Å². The zero-order chi connectivity index (χ0) is 11.1. The van der Waals surface area contributed by atoms with E-state index in [0.717, 1.165) is 16.7 Å². The number of hydrazine groups is 1. The predicted octanol–water partition coefficient (Wildman–Crippen LogP) is 2.66. The molecular formula is C13H16N2O. The van der Waals surface area contributed by atoms with Crippen molar-refractivity contribution in [3.05, 3.63) is 35.6 Å². The number of nitrogens with two attached hydrogens (primary N) is 1. The van der Waals surface area contributed by atoms with Gasteiger partial charge in [0, 0.05) is 5.39 Å². The molecule has 1 aliphatic rings. The van der Waals surface area contributed by atoms with Gasteiger partial charge in [0.15, 0.2) is 0 Å². The summed E-state index contributed by atoms with van der Waals surface area (Å²) < 4.78 is 5.91. The average molecular weight is 216 g/mol. The fourth-order valence-electron chi connectivity index (χ4n) is 2.26. The summed E-state index contributed by atoms with van der Waals surface area (Å²) in [5.74, 6) is 7.21. The lowest BCUT2D eigenvalue weighted by Crippen LogP contribution is -2.29. The van der Waals surface area contributed by atoms with Crippen LogP contribution in [-0.4, -0.2) is 0 Å². The normalized spacial score (nSPS) is 17.9. The molecule has 1 aliphatic carbocycles. The molecule has 84 valence electrons. The third-order valence-electron chi connectivity index (χ3n) is 3.34. The Morgan fingerprint density at radius 1 is 1.44 bits per heavy atom. The smallest absolute Gasteiger partial charge is 0.137 e. The Hall–Kier alpha value is -1.32. The zero-order valence-corrected chi connectivity index (χ0v) is 9.36. The summed E-state index contributed by atoms with van der Waals surface area (Å²) in [4.78, 5) is 0. The molecule has 0 radical (unpaired) electrons. The summed E-state index contributed by atoms with van der Waals surface area (Å²) in [7, 11) is 0. The first-order valence-corrected chi connectivity index (χ1v) is 5.75. The average Bonchev–Trinajstić information content (AvgIpc) is 2.99. The maximum absolute atomic E-state index is 5.91. The van der Waals surface area contributed by atoms with Gasteiger partial charge < -0.3 is 4.42 Å². The van der Waals surface area contributed by atoms with Gasteiger partial charge in [-0.1, -0.05) is 18.2 Å². The molecule has 0 spiro atoms. The summed E-state index contributed by atoms with van der Waals surface area (Å²) in [6.07, 6.45) is 2.48. The van der Waals surface area contributed by atoms with Crippen LogP contribution in [0.25, 0.3) is 11.0 Å². The van der Waals surface area contributed by atoms with Crippen LogP contribution in [-0.2, 0) is 0 Å². The van der Waals surface area contributed by atoms with Crippen LogP contribution < -0.4 is 11.3 Å². The Labute approximate surface area is 94.6 Å². The van der Waals surface area contributed by atoms with Gasteiger partial charge in [-0.3, -0.25) is 5.84 Å². The van der Waals surface area contributed by atoms with Crippen LogP contribution in [0.3, 0.4) is 0 Å². The van der Waals surface area contributed by atoms with Gasteiger partial charge in [-0.05, 0) is 37.3 Å². The molecule has 0 bridgehead atoms. The molecule has 0 saturated heterocycles. The van der Waals surface area contributed by atoms with Gasteiger partial charge in [-0.2, -0.15) is 0 Å². The molecule has 1 aromatic heterocycles. The van der Waals surface area contributed by atoms with Crippen molar-refractivity contribution in [2.75, 3.05) is 0 Å². The van der Waals surface area contributed by atoms with E-state index in [2.05, 4.69) is 36.6 Å². The maximum Gasteiger partial charge on any atom is 0.137 e. The zero-order valence-electron chi connectivity index (χ0n) is 9.36. The van der Waals surface area contributed by atoms with Crippen LogP contribution in [0.1, 0.15) is 30.2 Å². The lowest BCUT2D eigenvalue weighted by Gasteiger charge is -2.10. The van der Waals surface area contributed by atoms with Gasteiger partial charge in [0.2, 0.25) is 0 Å². The van der Waals surface area contributed by atoms with E-state index in [1.54, 1.807) is 0 Å². The minimum Gasteiger partial charge on any atom is -0.459 e. The molecule has 3 N–H and O–H groups in total. The minimum absolute atomic E-state index is 0.173. The molecule has 3 heteroatoms. The van der Waals surface area contributed by atoms with Gasteiger partial charge in [0.1, 0.15) is 11.3 Å². The molecule has 1 unspecified atom stereocenters. The van der Waals surface area contributed by atoms with Crippen molar-refractivity contribution in [1.82, 2.24) is 5.43 Å². The Balaban J connectivity index is 2.06. The first-order valence-electron chi connectivity index (χ1n) is 5.75. The number of nitrogens with one attached hydrogen (secondary N) is 1. The van der Waals surface area contributed by atoms with Crippen molar-refractivity contribution in [1.29, 1.82) is 0 Å². The standard InChI is InChI=1S/C13H16N2O/c1-8-3-2-4-10-7-11(16-13(8)10)12(15-14)9-5-6-9/h2-4,7,9,12,15H,5-6,14H2,1H3. The van der Waals surface area contributed by atoms with E-state index in [1.165, 1.54) is 18.4 Å². The highest BCUT2D eigenvalue weighted by molar-refractivity contribution is 5.81. The SMILES string of the molecule is Cc1cccc2cc(C(NN)C3CC3)oc12. The van der Waals surface area contributed by atoms with Crippen LogP contribution in [0, 0.1) is 12.8 Å². The number of hydrogen-bond acceptors (Lipinski definition) is 3. The lowest BCUT2D eigenvalue weighted by atomic mass is 10.1. The lowest BCUT2D eigenvalue weighted by molar-refractivity contribution is 0.402. The van der Waals surface area contributed by atoms with E-state index in [4.69, 9.17) is 10.3 Å². The maximum atomic E-state index is 5.91. The molecule has 1 fully saturated rings. The summed E-state index contributed by atoms with van der Waals surface area (Å²) in [5.41, 5.74) is 5.03. The molecule has 0 aliphatic heterocycles. The first-order chi connectivity index (χ1) is 7.79. The second-order valence-corrected chi connectivity index (χ2v) is 4.62. The first kappa shape index (κ1) is 9.87. The molecular weight excluding hydrogens is 200 g/mol. The molecule has 1 atom stereocenters. The minimum atomic E-state index is 0.173. The van der Waals surface area contributed by atoms with E-state index in [9.17, 15) is 0 Å². The summed E-state index contributed by atoms with van der Waals surface area (Å²) in [6, 6.07) is 8.48. The van der Waals surface area contributed by atoms with Gasteiger partial charge in [0.25, 0.3) is 0 Å². The largest absolute Gasteiger partial charge is 0.459 e. The Morgan fingerprint density at radius 3 is 2.88 bits per heavy atom. The topological polar surface area (TPSA) is 51.2 Å². The third-order valence-corrected chi connectivity index (χ3v) is 3.34. The highest BCUT2D eigenvalue weighted by atomic mass is 16.3. The number of para-hydroxylation sites is 1. The van der Waals surface area contributed by atoms with Crippen LogP contribution in [0.2, 0.25) is 0 Å². The molecule has 1 aromatic carbocycles. The van der Waals surface area contributed by atoms with Crippen LogP contribution in [0.15, 0.2) is 28.7 Å². The monoisotopic (exact) mass is 216 g/mol. The van der Waals surface area contributed by atoms with Crippen LogP contribution in [0.4, 0.5) is 0 Å². The number of furan rings is 1. The van der Waals surface area contributed by atoms with Crippen molar-refractivity contribution in [3.63, 3.8) is 0 Å². The Kier molecular flexibility index (Phi) is 2.23. The molecule has 1 heterocycles. The quantitative estimate of drug-likeness (QED) is 0.612. The highest BCUT2D eigenvalue weighted by Crippen LogP contribution is 2.42. The summed E-state index contributed by atoms with van der Waals surface area (Å²) in [6.45, 7) is 2.07. The van der Waals surface area contributed by atoms with E-state index >= 15 is 0 Å². The van der Waals surface area contributed by atoms with Crippen molar-refractivity contribution in [2.24, 2.45) is 11.8 Å². The van der Waals surface area contributed by atoms with Crippen molar-refractivity contribution in [2.45, 2.75) is 25.8 Å². The summed E-state index contributed by atoms with van der Waals surface area (Å²) in [5, 5.41) is 1.16. The van der Waals surface area contributed by atoms with Gasteiger partial charge in [-0.25, -0.2) is 5.43 Å². The van der Waals surface area contributed by atoms with Gasteiger partial charge >= 0.3 is 0 Å². The number of benzene rings is 1. The second kappa shape index (κ2) is 3.61. The number of hydrogen-bond donors (Lipinski definition) is 2. The Bertz CT molecular complexity index is 514. The van der Waals surface area contributed by atoms with Crippen LogP contribution in [0.5, 0.6) is 0 Å². The van der Waals surface area contributed by atoms with Gasteiger partial charge in [0.05, 0.1) is 6.04 Å². The molecule has 16 heavy (non-hydrogen) atoms. The third kappa shape index (κ3) is 1.52. The van der Waals surface area contributed by atoms with E-state index in [-0.39, 0.29) is 6.04 Å². The number of fused-ring (bicyclic) bond motifs is 1. The van der Waals surface area contributed by atoms with Crippen molar-refractivity contribution in [3.8, 4) is 0 Å². The Morgan fingerprint density at radius 2 is 2.25 bits per heavy atom. The molecule has 0 amide bonds. The van der Waals surface area contributed by atoms with Crippen LogP contribution >= 0.6 is 0 Å². The predicted molar refractivity (Wildman–Crippen MR) is 63.7 cm³/mol. The molecule has 1 saturated carbocycles. The van der Waals surface area contributed by atoms with Gasteiger partial charge in [-0.15, -0.1) is 0 Å². The fourth-order valence-corrected chi connectivity index (χ4v) is 2.26.